The van der Waals surface area contributed by atoms with E-state index < -0.39 is 5.97 Å². The van der Waals surface area contributed by atoms with Gasteiger partial charge in [-0.25, -0.2) is 9.78 Å². The summed E-state index contributed by atoms with van der Waals surface area (Å²) < 4.78 is 5.10. The molecule has 0 aliphatic carbocycles. The summed E-state index contributed by atoms with van der Waals surface area (Å²) in [5.74, 6) is -0.295. The summed E-state index contributed by atoms with van der Waals surface area (Å²) in [5.41, 5.74) is 6.88. The van der Waals surface area contributed by atoms with Crippen molar-refractivity contribution in [1.82, 2.24) is 9.97 Å². The second-order valence-corrected chi connectivity index (χ2v) is 4.01. The van der Waals surface area contributed by atoms with Crippen LogP contribution in [0.3, 0.4) is 0 Å². The van der Waals surface area contributed by atoms with E-state index in [1.807, 2.05) is 0 Å². The molecule has 0 fully saturated rings. The lowest BCUT2D eigenvalue weighted by molar-refractivity contribution is 0.0466. The Morgan fingerprint density at radius 1 is 1.32 bits per heavy atom. The van der Waals surface area contributed by atoms with E-state index in [4.69, 9.17) is 10.5 Å². The number of hydrogen-bond acceptors (Lipinski definition) is 5. The summed E-state index contributed by atoms with van der Waals surface area (Å²) in [6, 6.07) is 6.39. The summed E-state index contributed by atoms with van der Waals surface area (Å²) in [6.45, 7) is 1.51. The fourth-order valence-corrected chi connectivity index (χ4v) is 1.53. The molecule has 2 aromatic rings. The van der Waals surface area contributed by atoms with Gasteiger partial charge < -0.3 is 15.5 Å². The molecule has 6 heteroatoms. The molecule has 0 aliphatic rings. The van der Waals surface area contributed by atoms with Crippen molar-refractivity contribution in [3.05, 3.63) is 47.4 Å². The number of hydrogen-bond donors (Lipinski definition) is 2. The normalized spacial score (nSPS) is 10.2. The first-order valence-electron chi connectivity index (χ1n) is 5.64. The van der Waals surface area contributed by atoms with E-state index >= 15 is 0 Å². The number of carbonyl (C=O) groups is 2. The van der Waals surface area contributed by atoms with Gasteiger partial charge in [-0.15, -0.1) is 0 Å². The Kier molecular flexibility index (Phi) is 3.61. The lowest BCUT2D eigenvalue weighted by Gasteiger charge is -2.04. The Morgan fingerprint density at radius 2 is 2.05 bits per heavy atom. The maximum atomic E-state index is 11.7. The fraction of sp³-hybridized carbons (Fsp3) is 0.154. The van der Waals surface area contributed by atoms with E-state index in [1.54, 1.807) is 24.4 Å². The maximum absolute atomic E-state index is 11.7. The highest BCUT2D eigenvalue weighted by Gasteiger charge is 2.11. The fourth-order valence-electron chi connectivity index (χ4n) is 1.53. The van der Waals surface area contributed by atoms with Gasteiger partial charge in [-0.3, -0.25) is 4.79 Å². The average Bonchev–Trinajstić information content (AvgIpc) is 2.86. The van der Waals surface area contributed by atoms with E-state index in [2.05, 4.69) is 9.97 Å². The predicted octanol–water partition coefficient (Wildman–Crippen LogP) is 1.55. The number of nitrogens with one attached hydrogen (secondary N) is 1. The van der Waals surface area contributed by atoms with Crippen molar-refractivity contribution in [3.63, 3.8) is 0 Å². The molecule has 2 heterocycles. The van der Waals surface area contributed by atoms with Crippen LogP contribution in [0.25, 0.3) is 0 Å². The molecular weight excluding hydrogens is 246 g/mol. The van der Waals surface area contributed by atoms with Gasteiger partial charge in [-0.1, -0.05) is 0 Å². The number of aromatic nitrogens is 2. The Balaban J connectivity index is 1.99. The third-order valence-corrected chi connectivity index (χ3v) is 2.50. The topological polar surface area (TPSA) is 98.1 Å². The molecule has 0 aliphatic heterocycles. The number of carbonyl (C=O) groups excluding carboxylic acids is 2. The monoisotopic (exact) mass is 259 g/mol. The van der Waals surface area contributed by atoms with Crippen LogP contribution in [-0.2, 0) is 11.3 Å². The van der Waals surface area contributed by atoms with Gasteiger partial charge >= 0.3 is 5.97 Å². The quantitative estimate of drug-likeness (QED) is 0.641. The van der Waals surface area contributed by atoms with Crippen molar-refractivity contribution in [2.75, 3.05) is 5.73 Å². The predicted molar refractivity (Wildman–Crippen MR) is 68.6 cm³/mol. The number of ketones is 1. The standard InChI is InChI=1S/C13H13N3O3/c1-8(17)10-2-3-11(16-10)13(18)19-7-9-4-5-15-12(14)6-9/h2-6,16H,7H2,1H3,(H2,14,15). The van der Waals surface area contributed by atoms with Crippen molar-refractivity contribution in [2.24, 2.45) is 0 Å². The summed E-state index contributed by atoms with van der Waals surface area (Å²) in [5, 5.41) is 0. The van der Waals surface area contributed by atoms with E-state index in [0.29, 0.717) is 11.5 Å². The first-order chi connectivity index (χ1) is 9.06. The molecule has 0 spiro atoms. The number of anilines is 1. The minimum absolute atomic E-state index is 0.0972. The summed E-state index contributed by atoms with van der Waals surface area (Å²) in [6.07, 6.45) is 1.54. The van der Waals surface area contributed by atoms with Gasteiger partial charge in [0.25, 0.3) is 0 Å². The van der Waals surface area contributed by atoms with Crippen molar-refractivity contribution >= 4 is 17.6 Å². The van der Waals surface area contributed by atoms with Crippen molar-refractivity contribution < 1.29 is 14.3 Å². The number of aromatic amines is 1. The van der Waals surface area contributed by atoms with Crippen LogP contribution in [0, 0.1) is 0 Å². The Bertz CT molecular complexity index is 619. The Labute approximate surface area is 109 Å². The van der Waals surface area contributed by atoms with E-state index in [0.717, 1.165) is 5.56 Å². The van der Waals surface area contributed by atoms with Crippen LogP contribution in [-0.4, -0.2) is 21.7 Å². The third-order valence-electron chi connectivity index (χ3n) is 2.50. The highest BCUT2D eigenvalue weighted by atomic mass is 16.5. The molecule has 0 saturated heterocycles. The van der Waals surface area contributed by atoms with E-state index in [1.165, 1.54) is 13.0 Å². The zero-order valence-electron chi connectivity index (χ0n) is 10.3. The second-order valence-electron chi connectivity index (χ2n) is 4.01. The summed E-state index contributed by atoms with van der Waals surface area (Å²) in [7, 11) is 0. The zero-order chi connectivity index (χ0) is 13.8. The van der Waals surface area contributed by atoms with Gasteiger partial charge in [0.2, 0.25) is 0 Å². The van der Waals surface area contributed by atoms with Gasteiger partial charge in [-0.2, -0.15) is 0 Å². The molecule has 19 heavy (non-hydrogen) atoms. The summed E-state index contributed by atoms with van der Waals surface area (Å²) >= 11 is 0. The molecule has 0 radical (unpaired) electrons. The highest BCUT2D eigenvalue weighted by Crippen LogP contribution is 2.08. The molecule has 2 rings (SSSR count). The molecule has 3 N–H and O–H groups in total. The van der Waals surface area contributed by atoms with Crippen molar-refractivity contribution in [1.29, 1.82) is 0 Å². The lowest BCUT2D eigenvalue weighted by Crippen LogP contribution is -2.06. The number of nitrogen functional groups attached to an aromatic ring is 1. The number of H-pyrrole nitrogens is 1. The molecule has 98 valence electrons. The minimum Gasteiger partial charge on any atom is -0.456 e. The second kappa shape index (κ2) is 5.34. The molecular formula is C13H13N3O3. The van der Waals surface area contributed by atoms with Crippen LogP contribution >= 0.6 is 0 Å². The minimum atomic E-state index is -0.525. The van der Waals surface area contributed by atoms with Crippen LogP contribution in [0.5, 0.6) is 0 Å². The van der Waals surface area contributed by atoms with Gasteiger partial charge in [0, 0.05) is 13.1 Å². The molecule has 0 bridgehead atoms. The Morgan fingerprint density at radius 3 is 2.68 bits per heavy atom. The van der Waals surface area contributed by atoms with Crippen LogP contribution in [0.2, 0.25) is 0 Å². The van der Waals surface area contributed by atoms with Crippen LogP contribution < -0.4 is 5.73 Å². The number of rotatable bonds is 4. The van der Waals surface area contributed by atoms with Crippen LogP contribution in [0.4, 0.5) is 5.82 Å². The number of pyridine rings is 1. The maximum Gasteiger partial charge on any atom is 0.355 e. The number of ether oxygens (including phenoxy) is 1. The first-order valence-corrected chi connectivity index (χ1v) is 5.64. The smallest absolute Gasteiger partial charge is 0.355 e. The number of esters is 1. The molecule has 0 amide bonds. The van der Waals surface area contributed by atoms with Crippen LogP contribution in [0.15, 0.2) is 30.5 Å². The lowest BCUT2D eigenvalue weighted by atomic mass is 10.3. The SMILES string of the molecule is CC(=O)c1ccc(C(=O)OCc2ccnc(N)c2)[nH]1. The van der Waals surface area contributed by atoms with Crippen molar-refractivity contribution in [2.45, 2.75) is 13.5 Å². The molecule has 2 aromatic heterocycles. The number of Topliss-reactive ketones (excluding diaryl/α,β-unsaturated/α-hetero) is 1. The largest absolute Gasteiger partial charge is 0.456 e. The number of nitrogens with two attached hydrogens (primary N) is 1. The van der Waals surface area contributed by atoms with Gasteiger partial charge in [0.1, 0.15) is 18.1 Å². The molecule has 0 saturated carbocycles. The molecule has 0 aromatic carbocycles. The zero-order valence-corrected chi connectivity index (χ0v) is 10.3. The van der Waals surface area contributed by atoms with E-state index in [-0.39, 0.29) is 18.1 Å². The van der Waals surface area contributed by atoms with Gasteiger partial charge in [0.15, 0.2) is 5.78 Å². The molecule has 6 nitrogen and oxygen atoms in total. The molecule has 0 atom stereocenters. The highest BCUT2D eigenvalue weighted by molar-refractivity contribution is 5.95. The van der Waals surface area contributed by atoms with Gasteiger partial charge in [-0.05, 0) is 29.8 Å². The van der Waals surface area contributed by atoms with Crippen molar-refractivity contribution in [3.8, 4) is 0 Å². The first kappa shape index (κ1) is 12.8. The van der Waals surface area contributed by atoms with Gasteiger partial charge in [0.05, 0.1) is 5.69 Å². The summed E-state index contributed by atoms with van der Waals surface area (Å²) in [4.78, 5) is 29.4. The van der Waals surface area contributed by atoms with Crippen LogP contribution in [0.1, 0.15) is 33.5 Å². The number of nitrogens with zero attached hydrogens (tertiary/aromatic N) is 1. The van der Waals surface area contributed by atoms with E-state index in [9.17, 15) is 9.59 Å². The third kappa shape index (κ3) is 3.19. The Hall–Kier alpha value is -2.63. The molecule has 0 unspecified atom stereocenters. The average molecular weight is 259 g/mol.